The molecule has 1 aliphatic carbocycles. The van der Waals surface area contributed by atoms with Crippen molar-refractivity contribution in [3.63, 3.8) is 0 Å². The summed E-state index contributed by atoms with van der Waals surface area (Å²) in [7, 11) is 0. The first-order chi connectivity index (χ1) is 9.42. The summed E-state index contributed by atoms with van der Waals surface area (Å²) in [5.74, 6) is 0.737. The molecule has 0 heterocycles. The maximum atomic E-state index is 5.80. The summed E-state index contributed by atoms with van der Waals surface area (Å²) >= 11 is 0. The molecule has 19 heavy (non-hydrogen) atoms. The van der Waals surface area contributed by atoms with Gasteiger partial charge in [-0.1, -0.05) is 50.5 Å². The molecule has 0 bridgehead atoms. The van der Waals surface area contributed by atoms with Crippen LogP contribution in [0.15, 0.2) is 24.3 Å². The molecule has 0 saturated carbocycles. The van der Waals surface area contributed by atoms with E-state index in [0.717, 1.165) is 19.1 Å². The Morgan fingerprint density at radius 3 is 2.89 bits per heavy atom. The zero-order chi connectivity index (χ0) is 13.3. The normalized spacial score (nSPS) is 18.3. The second-order valence-electron chi connectivity index (χ2n) is 5.75. The highest BCUT2D eigenvalue weighted by atomic mass is 16.5. The van der Waals surface area contributed by atoms with E-state index in [2.05, 4.69) is 31.2 Å². The molecular formula is C18H28O. The molecule has 106 valence electrons. The van der Waals surface area contributed by atoms with Crippen molar-refractivity contribution < 1.29 is 4.74 Å². The summed E-state index contributed by atoms with van der Waals surface area (Å²) in [5, 5.41) is 0. The number of aryl methyl sites for hydroxylation is 1. The molecule has 1 heteroatoms. The number of benzene rings is 1. The van der Waals surface area contributed by atoms with Crippen LogP contribution in [0.3, 0.4) is 0 Å². The molecule has 1 unspecified atom stereocenters. The fourth-order valence-electron chi connectivity index (χ4n) is 3.11. The van der Waals surface area contributed by atoms with Crippen LogP contribution in [-0.4, -0.2) is 13.2 Å². The quantitative estimate of drug-likeness (QED) is 0.591. The molecule has 1 atom stereocenters. The van der Waals surface area contributed by atoms with E-state index >= 15 is 0 Å². The first kappa shape index (κ1) is 14.6. The lowest BCUT2D eigenvalue weighted by Gasteiger charge is -2.25. The smallest absolute Gasteiger partial charge is 0.0471 e. The highest BCUT2D eigenvalue weighted by Gasteiger charge is 2.19. The zero-order valence-electron chi connectivity index (χ0n) is 12.4. The van der Waals surface area contributed by atoms with Gasteiger partial charge in [0.15, 0.2) is 0 Å². The average Bonchev–Trinajstić information content (AvgIpc) is 2.46. The zero-order valence-corrected chi connectivity index (χ0v) is 12.4. The Labute approximate surface area is 118 Å². The molecule has 0 N–H and O–H groups in total. The van der Waals surface area contributed by atoms with Crippen molar-refractivity contribution in [3.05, 3.63) is 35.4 Å². The van der Waals surface area contributed by atoms with E-state index in [4.69, 9.17) is 4.74 Å². The van der Waals surface area contributed by atoms with Crippen LogP contribution in [0.5, 0.6) is 0 Å². The summed E-state index contributed by atoms with van der Waals surface area (Å²) < 4.78 is 5.80. The van der Waals surface area contributed by atoms with E-state index in [1.807, 2.05) is 0 Å². The number of fused-ring (bicyclic) bond motifs is 1. The van der Waals surface area contributed by atoms with Crippen LogP contribution in [-0.2, 0) is 11.2 Å². The van der Waals surface area contributed by atoms with Crippen LogP contribution in [0.2, 0.25) is 0 Å². The maximum absolute atomic E-state index is 5.80. The summed E-state index contributed by atoms with van der Waals surface area (Å²) in [4.78, 5) is 0. The molecule has 0 saturated heterocycles. The third-order valence-corrected chi connectivity index (χ3v) is 4.25. The first-order valence-electron chi connectivity index (χ1n) is 8.07. The van der Waals surface area contributed by atoms with Gasteiger partial charge >= 0.3 is 0 Å². The Bertz CT molecular complexity index is 358. The molecule has 2 rings (SSSR count). The van der Waals surface area contributed by atoms with Gasteiger partial charge in [0.1, 0.15) is 0 Å². The highest BCUT2D eigenvalue weighted by molar-refractivity contribution is 5.32. The minimum atomic E-state index is 0.737. The Balaban J connectivity index is 1.67. The van der Waals surface area contributed by atoms with Gasteiger partial charge in [-0.05, 0) is 49.1 Å². The van der Waals surface area contributed by atoms with E-state index in [9.17, 15) is 0 Å². The lowest BCUT2D eigenvalue weighted by Crippen LogP contribution is -2.12. The van der Waals surface area contributed by atoms with E-state index in [1.54, 1.807) is 11.1 Å². The third-order valence-electron chi connectivity index (χ3n) is 4.25. The predicted octanol–water partition coefficient (Wildman–Crippen LogP) is 5.09. The van der Waals surface area contributed by atoms with Crippen molar-refractivity contribution in [3.8, 4) is 0 Å². The molecule has 1 aromatic rings. The number of hydrogen-bond donors (Lipinski definition) is 0. The van der Waals surface area contributed by atoms with Gasteiger partial charge in [0.2, 0.25) is 0 Å². The van der Waals surface area contributed by atoms with Crippen LogP contribution in [0, 0.1) is 0 Å². The molecule has 0 spiro atoms. The molecular weight excluding hydrogens is 232 g/mol. The van der Waals surface area contributed by atoms with Gasteiger partial charge in [-0.15, -0.1) is 0 Å². The number of hydrogen-bond acceptors (Lipinski definition) is 1. The summed E-state index contributed by atoms with van der Waals surface area (Å²) in [6.07, 6.45) is 10.4. The number of ether oxygens (including phenoxy) is 1. The monoisotopic (exact) mass is 260 g/mol. The highest BCUT2D eigenvalue weighted by Crippen LogP contribution is 2.33. The summed E-state index contributed by atoms with van der Waals surface area (Å²) in [6, 6.07) is 8.97. The second kappa shape index (κ2) is 8.37. The van der Waals surface area contributed by atoms with Crippen LogP contribution in [0.25, 0.3) is 0 Å². The van der Waals surface area contributed by atoms with Crippen molar-refractivity contribution >= 4 is 0 Å². The van der Waals surface area contributed by atoms with Crippen molar-refractivity contribution in [2.24, 2.45) is 0 Å². The largest absolute Gasteiger partial charge is 0.381 e. The van der Waals surface area contributed by atoms with Crippen LogP contribution in [0.1, 0.15) is 68.9 Å². The van der Waals surface area contributed by atoms with E-state index in [0.29, 0.717) is 0 Å². The van der Waals surface area contributed by atoms with Gasteiger partial charge in [0, 0.05) is 13.2 Å². The standard InChI is InChI=1S/C18H28O/c1-2-3-4-7-14-19-15-13-17-11-8-10-16-9-5-6-12-18(16)17/h5-6,9,12,17H,2-4,7-8,10-11,13-15H2,1H3. The van der Waals surface area contributed by atoms with E-state index in [1.165, 1.54) is 51.4 Å². The minimum Gasteiger partial charge on any atom is -0.381 e. The van der Waals surface area contributed by atoms with Crippen molar-refractivity contribution in [2.75, 3.05) is 13.2 Å². The topological polar surface area (TPSA) is 9.23 Å². The number of rotatable bonds is 8. The minimum absolute atomic E-state index is 0.737. The molecule has 1 aliphatic rings. The Morgan fingerprint density at radius 2 is 2.00 bits per heavy atom. The van der Waals surface area contributed by atoms with E-state index < -0.39 is 0 Å². The molecule has 0 aliphatic heterocycles. The predicted molar refractivity (Wildman–Crippen MR) is 81.7 cm³/mol. The molecule has 0 amide bonds. The average molecular weight is 260 g/mol. The van der Waals surface area contributed by atoms with Crippen molar-refractivity contribution in [1.82, 2.24) is 0 Å². The molecule has 0 fully saturated rings. The van der Waals surface area contributed by atoms with Gasteiger partial charge in [-0.3, -0.25) is 0 Å². The van der Waals surface area contributed by atoms with Crippen LogP contribution >= 0.6 is 0 Å². The summed E-state index contributed by atoms with van der Waals surface area (Å²) in [5.41, 5.74) is 3.16. The Kier molecular flexibility index (Phi) is 6.43. The fourth-order valence-corrected chi connectivity index (χ4v) is 3.11. The first-order valence-corrected chi connectivity index (χ1v) is 8.07. The van der Waals surface area contributed by atoms with E-state index in [-0.39, 0.29) is 0 Å². The molecule has 0 radical (unpaired) electrons. The SMILES string of the molecule is CCCCCCOCCC1CCCc2ccccc21. The number of unbranched alkanes of at least 4 members (excludes halogenated alkanes) is 3. The lowest BCUT2D eigenvalue weighted by atomic mass is 9.81. The van der Waals surface area contributed by atoms with Gasteiger partial charge in [-0.2, -0.15) is 0 Å². The van der Waals surface area contributed by atoms with Gasteiger partial charge in [-0.25, -0.2) is 0 Å². The van der Waals surface area contributed by atoms with Gasteiger partial charge in [0.25, 0.3) is 0 Å². The maximum Gasteiger partial charge on any atom is 0.0471 e. The fraction of sp³-hybridized carbons (Fsp3) is 0.667. The third kappa shape index (κ3) is 4.65. The molecule has 1 aromatic carbocycles. The Hall–Kier alpha value is -0.820. The van der Waals surface area contributed by atoms with Gasteiger partial charge < -0.3 is 4.74 Å². The van der Waals surface area contributed by atoms with Crippen LogP contribution < -0.4 is 0 Å². The van der Waals surface area contributed by atoms with Gasteiger partial charge in [0.05, 0.1) is 0 Å². The van der Waals surface area contributed by atoms with Crippen LogP contribution in [0.4, 0.5) is 0 Å². The Morgan fingerprint density at radius 1 is 1.11 bits per heavy atom. The molecule has 0 aromatic heterocycles. The van der Waals surface area contributed by atoms with Crippen molar-refractivity contribution in [2.45, 2.75) is 64.2 Å². The summed E-state index contributed by atoms with van der Waals surface area (Å²) in [6.45, 7) is 4.14. The molecule has 1 nitrogen and oxygen atoms in total. The van der Waals surface area contributed by atoms with Crippen molar-refractivity contribution in [1.29, 1.82) is 0 Å². The second-order valence-corrected chi connectivity index (χ2v) is 5.75. The lowest BCUT2D eigenvalue weighted by molar-refractivity contribution is 0.121.